The zero-order valence-corrected chi connectivity index (χ0v) is 8.61. The normalized spacial score (nSPS) is 14.7. The van der Waals surface area contributed by atoms with E-state index in [4.69, 9.17) is 4.89 Å². The predicted octanol–water partition coefficient (Wildman–Crippen LogP) is 1.59. The van der Waals surface area contributed by atoms with Gasteiger partial charge in [0, 0.05) is 13.5 Å². The Kier molecular flexibility index (Phi) is 3.58. The first-order chi connectivity index (χ1) is 6.56. The van der Waals surface area contributed by atoms with Crippen LogP contribution in [0.15, 0.2) is 30.3 Å². The highest BCUT2D eigenvalue weighted by Gasteiger charge is 2.28. The van der Waals surface area contributed by atoms with Crippen molar-refractivity contribution in [2.45, 2.75) is 6.42 Å². The molecule has 5 heteroatoms. The van der Waals surface area contributed by atoms with Crippen LogP contribution in [-0.2, 0) is 20.3 Å². The SMILES string of the molecule is COP(=O)(O)C(=O)Cc1ccccc1. The average molecular weight is 214 g/mol. The topological polar surface area (TPSA) is 63.6 Å². The van der Waals surface area contributed by atoms with Crippen molar-refractivity contribution < 1.29 is 18.8 Å². The predicted molar refractivity (Wildman–Crippen MR) is 52.0 cm³/mol. The largest absolute Gasteiger partial charge is 0.394 e. The highest BCUT2D eigenvalue weighted by atomic mass is 31.2. The third-order valence-electron chi connectivity index (χ3n) is 1.76. The molecule has 1 N–H and O–H groups in total. The fraction of sp³-hybridized carbons (Fsp3) is 0.222. The van der Waals surface area contributed by atoms with Crippen molar-refractivity contribution in [2.75, 3.05) is 7.11 Å². The number of carbonyl (C=O) groups excluding carboxylic acids is 1. The summed E-state index contributed by atoms with van der Waals surface area (Å²) in [6.07, 6.45) is -0.0809. The Hall–Kier alpha value is -0.960. The second kappa shape index (κ2) is 4.51. The van der Waals surface area contributed by atoms with E-state index in [0.29, 0.717) is 5.56 Å². The fourth-order valence-electron chi connectivity index (χ4n) is 0.972. The van der Waals surface area contributed by atoms with Crippen LogP contribution in [0, 0.1) is 0 Å². The van der Waals surface area contributed by atoms with Gasteiger partial charge < -0.3 is 9.42 Å². The van der Waals surface area contributed by atoms with Crippen molar-refractivity contribution in [2.24, 2.45) is 0 Å². The molecule has 0 saturated heterocycles. The van der Waals surface area contributed by atoms with Gasteiger partial charge in [-0.15, -0.1) is 0 Å². The van der Waals surface area contributed by atoms with Crippen molar-refractivity contribution in [1.29, 1.82) is 0 Å². The van der Waals surface area contributed by atoms with Crippen molar-refractivity contribution in [3.8, 4) is 0 Å². The number of benzene rings is 1. The number of hydrogen-bond donors (Lipinski definition) is 1. The van der Waals surface area contributed by atoms with Crippen LogP contribution in [0.5, 0.6) is 0 Å². The highest BCUT2D eigenvalue weighted by molar-refractivity contribution is 7.70. The zero-order chi connectivity index (χ0) is 10.6. The monoisotopic (exact) mass is 214 g/mol. The van der Waals surface area contributed by atoms with Crippen molar-refractivity contribution >= 4 is 13.1 Å². The second-order valence-electron chi connectivity index (χ2n) is 2.76. The molecule has 0 aromatic heterocycles. The summed E-state index contributed by atoms with van der Waals surface area (Å²) in [7, 11) is -3.02. The molecule has 14 heavy (non-hydrogen) atoms. The van der Waals surface area contributed by atoms with Crippen molar-refractivity contribution in [1.82, 2.24) is 0 Å². The van der Waals surface area contributed by atoms with Gasteiger partial charge in [0.05, 0.1) is 0 Å². The molecule has 76 valence electrons. The lowest BCUT2D eigenvalue weighted by molar-refractivity contribution is -0.113. The Morgan fingerprint density at radius 1 is 1.43 bits per heavy atom. The van der Waals surface area contributed by atoms with Crippen LogP contribution in [0.1, 0.15) is 5.56 Å². The summed E-state index contributed by atoms with van der Waals surface area (Å²) >= 11 is 0. The average Bonchev–Trinajstić information content (AvgIpc) is 2.19. The highest BCUT2D eigenvalue weighted by Crippen LogP contribution is 2.42. The van der Waals surface area contributed by atoms with E-state index in [-0.39, 0.29) is 6.42 Å². The summed E-state index contributed by atoms with van der Waals surface area (Å²) in [6, 6.07) is 8.76. The molecule has 0 fully saturated rings. The van der Waals surface area contributed by atoms with Gasteiger partial charge in [-0.1, -0.05) is 30.3 Å². The quantitative estimate of drug-likeness (QED) is 0.773. The van der Waals surface area contributed by atoms with Gasteiger partial charge in [0.15, 0.2) is 0 Å². The van der Waals surface area contributed by atoms with E-state index >= 15 is 0 Å². The first kappa shape index (κ1) is 11.1. The first-order valence-electron chi connectivity index (χ1n) is 4.02. The molecule has 0 radical (unpaired) electrons. The maximum absolute atomic E-state index is 11.2. The maximum atomic E-state index is 11.2. The van der Waals surface area contributed by atoms with E-state index in [1.165, 1.54) is 0 Å². The smallest absolute Gasteiger partial charge is 0.319 e. The molecule has 0 aliphatic rings. The molecule has 0 saturated carbocycles. The van der Waals surface area contributed by atoms with Gasteiger partial charge in [-0.2, -0.15) is 0 Å². The minimum Gasteiger partial charge on any atom is -0.319 e. The molecule has 0 spiro atoms. The van der Waals surface area contributed by atoms with Crippen LogP contribution in [0.25, 0.3) is 0 Å². The van der Waals surface area contributed by atoms with Crippen LogP contribution in [0.2, 0.25) is 0 Å². The van der Waals surface area contributed by atoms with E-state index in [0.717, 1.165) is 7.11 Å². The van der Waals surface area contributed by atoms with E-state index in [2.05, 4.69) is 4.52 Å². The minimum atomic E-state index is -4.07. The van der Waals surface area contributed by atoms with Crippen LogP contribution in [-0.4, -0.2) is 17.5 Å². The van der Waals surface area contributed by atoms with Gasteiger partial charge in [-0.05, 0) is 5.56 Å². The molecule has 1 unspecified atom stereocenters. The van der Waals surface area contributed by atoms with Crippen molar-refractivity contribution in [3.05, 3.63) is 35.9 Å². The summed E-state index contributed by atoms with van der Waals surface area (Å²) in [5.41, 5.74) is -0.0879. The van der Waals surface area contributed by atoms with Gasteiger partial charge in [0.2, 0.25) is 5.52 Å². The minimum absolute atomic E-state index is 0.0809. The van der Waals surface area contributed by atoms with Gasteiger partial charge in [-0.25, -0.2) is 0 Å². The Morgan fingerprint density at radius 3 is 2.50 bits per heavy atom. The third kappa shape index (κ3) is 2.77. The third-order valence-corrected chi connectivity index (χ3v) is 3.04. The fourth-order valence-corrected chi connectivity index (χ4v) is 1.56. The molecular weight excluding hydrogens is 203 g/mol. The molecule has 0 bridgehead atoms. The Morgan fingerprint density at radius 2 is 2.00 bits per heavy atom. The van der Waals surface area contributed by atoms with E-state index in [9.17, 15) is 9.36 Å². The van der Waals surface area contributed by atoms with Crippen LogP contribution in [0.3, 0.4) is 0 Å². The second-order valence-corrected chi connectivity index (χ2v) is 4.66. The zero-order valence-electron chi connectivity index (χ0n) is 7.71. The van der Waals surface area contributed by atoms with Crippen LogP contribution < -0.4 is 0 Å². The Balaban J connectivity index is 2.72. The van der Waals surface area contributed by atoms with Crippen molar-refractivity contribution in [3.63, 3.8) is 0 Å². The van der Waals surface area contributed by atoms with E-state index < -0.39 is 13.1 Å². The van der Waals surface area contributed by atoms with E-state index in [1.807, 2.05) is 6.07 Å². The summed E-state index contributed by atoms with van der Waals surface area (Å²) in [5, 5.41) is 0. The molecule has 4 nitrogen and oxygen atoms in total. The lowest BCUT2D eigenvalue weighted by atomic mass is 10.2. The molecule has 1 rings (SSSR count). The maximum Gasteiger partial charge on any atom is 0.394 e. The summed E-state index contributed by atoms with van der Waals surface area (Å²) in [6.45, 7) is 0. The van der Waals surface area contributed by atoms with Crippen LogP contribution >= 0.6 is 7.60 Å². The Bertz CT molecular complexity index is 360. The molecule has 0 aliphatic carbocycles. The molecule has 0 amide bonds. The molecule has 1 atom stereocenters. The lowest BCUT2D eigenvalue weighted by Gasteiger charge is -2.06. The molecule has 0 aliphatic heterocycles. The lowest BCUT2D eigenvalue weighted by Crippen LogP contribution is -2.04. The summed E-state index contributed by atoms with van der Waals surface area (Å²) < 4.78 is 15.3. The number of hydrogen-bond acceptors (Lipinski definition) is 3. The molecule has 1 aromatic carbocycles. The molecular formula is C9H11O4P. The van der Waals surface area contributed by atoms with E-state index in [1.54, 1.807) is 24.3 Å². The number of carbonyl (C=O) groups is 1. The first-order valence-corrected chi connectivity index (χ1v) is 5.60. The standard InChI is InChI=1S/C9H11O4P/c1-13-14(11,12)9(10)7-8-5-3-2-4-6-8/h2-6H,7H2,1H3,(H,11,12). The van der Waals surface area contributed by atoms with Crippen LogP contribution in [0.4, 0.5) is 0 Å². The number of rotatable bonds is 4. The van der Waals surface area contributed by atoms with Gasteiger partial charge in [-0.3, -0.25) is 9.36 Å². The van der Waals surface area contributed by atoms with Gasteiger partial charge >= 0.3 is 7.60 Å². The van der Waals surface area contributed by atoms with Gasteiger partial charge in [0.25, 0.3) is 0 Å². The Labute approximate surface area is 82.1 Å². The van der Waals surface area contributed by atoms with Gasteiger partial charge in [0.1, 0.15) is 0 Å². The summed E-state index contributed by atoms with van der Waals surface area (Å²) in [5.74, 6) is 0. The molecule has 0 heterocycles. The molecule has 1 aromatic rings. The summed E-state index contributed by atoms with van der Waals surface area (Å²) in [4.78, 5) is 20.3.